The van der Waals surface area contributed by atoms with Crippen LogP contribution in [0.5, 0.6) is 0 Å². The number of amides is 1. The van der Waals surface area contributed by atoms with Gasteiger partial charge >= 0.3 is 5.97 Å². The van der Waals surface area contributed by atoms with Crippen molar-refractivity contribution < 1.29 is 24.5 Å². The molecule has 0 aliphatic carbocycles. The molecule has 432 valence electrons. The van der Waals surface area contributed by atoms with E-state index in [1.165, 1.54) is 295 Å². The van der Waals surface area contributed by atoms with Gasteiger partial charge in [-0.05, 0) is 57.8 Å². The molecule has 0 aliphatic heterocycles. The van der Waals surface area contributed by atoms with E-state index in [2.05, 4.69) is 31.3 Å². The molecule has 0 radical (unpaired) electrons. The van der Waals surface area contributed by atoms with Gasteiger partial charge in [-0.2, -0.15) is 0 Å². The fourth-order valence-corrected chi connectivity index (χ4v) is 10.4. The molecule has 0 aliphatic rings. The lowest BCUT2D eigenvalue weighted by molar-refractivity contribution is -0.143. The second kappa shape index (κ2) is 62.9. The molecule has 2 unspecified atom stereocenters. The third-order valence-corrected chi connectivity index (χ3v) is 15.5. The zero-order valence-corrected chi connectivity index (χ0v) is 49.4. The molecule has 0 fully saturated rings. The van der Waals surface area contributed by atoms with Crippen LogP contribution in [-0.2, 0) is 14.3 Å². The number of hydrogen-bond donors (Lipinski definition) is 3. The maximum Gasteiger partial charge on any atom is 0.305 e. The van der Waals surface area contributed by atoms with Crippen LogP contribution in [0.2, 0.25) is 0 Å². The number of aliphatic hydroxyl groups is 2. The van der Waals surface area contributed by atoms with Gasteiger partial charge in [-0.1, -0.05) is 321 Å². The summed E-state index contributed by atoms with van der Waals surface area (Å²) in [6.45, 7) is 4.91. The lowest BCUT2D eigenvalue weighted by atomic mass is 10.0. The van der Waals surface area contributed by atoms with E-state index in [0.717, 1.165) is 44.9 Å². The van der Waals surface area contributed by atoms with Gasteiger partial charge in [0.05, 0.1) is 25.4 Å². The summed E-state index contributed by atoms with van der Waals surface area (Å²) in [6, 6.07) is -0.624. The molecular weight excluding hydrogens is 899 g/mol. The molecule has 73 heavy (non-hydrogen) atoms. The fourth-order valence-electron chi connectivity index (χ4n) is 10.4. The zero-order valence-electron chi connectivity index (χ0n) is 49.4. The Hall–Kier alpha value is -1.66. The molecule has 6 nitrogen and oxygen atoms in total. The lowest BCUT2D eigenvalue weighted by Crippen LogP contribution is -2.45. The summed E-state index contributed by atoms with van der Waals surface area (Å²) in [5.41, 5.74) is 0. The standard InChI is InChI=1S/C67H129NO5/c1-3-5-7-9-11-13-15-17-35-39-43-47-51-55-59-65(70)64(63-69)68-66(71)60-56-52-48-44-40-36-33-31-29-27-25-23-21-19-20-22-24-26-28-30-32-34-38-42-46-50-54-58-62-73-67(72)61-57-53-49-45-41-37-18-16-14-12-10-8-6-4-2/h16,18,55,59,64-65,69-70H,3-15,17,19-54,56-58,60-63H2,1-2H3,(H,68,71)/b18-16-,59-55+. The molecule has 0 saturated carbocycles. The molecule has 0 aromatic carbocycles. The van der Waals surface area contributed by atoms with Gasteiger partial charge < -0.3 is 20.3 Å². The molecular formula is C67H129NO5. The Morgan fingerprint density at radius 1 is 0.370 bits per heavy atom. The van der Waals surface area contributed by atoms with E-state index in [-0.39, 0.29) is 18.5 Å². The minimum absolute atomic E-state index is 0.0102. The number of nitrogens with one attached hydrogen (secondary N) is 1. The van der Waals surface area contributed by atoms with Gasteiger partial charge in [0.15, 0.2) is 0 Å². The van der Waals surface area contributed by atoms with E-state index in [4.69, 9.17) is 4.74 Å². The zero-order chi connectivity index (χ0) is 52.9. The number of carbonyl (C=O) groups excluding carboxylic acids is 2. The summed E-state index contributed by atoms with van der Waals surface area (Å²) < 4.78 is 5.48. The predicted octanol–water partition coefficient (Wildman–Crippen LogP) is 21.0. The molecule has 2 atom stereocenters. The third-order valence-electron chi connectivity index (χ3n) is 15.5. The van der Waals surface area contributed by atoms with E-state index < -0.39 is 12.1 Å². The highest BCUT2D eigenvalue weighted by Crippen LogP contribution is 2.18. The number of allylic oxidation sites excluding steroid dienone is 3. The highest BCUT2D eigenvalue weighted by Gasteiger charge is 2.18. The second-order valence-corrected chi connectivity index (χ2v) is 22.8. The SMILES string of the molecule is CCCCCCC/C=C\CCCCCCCC(=O)OCCCCCCCCCCCCCCCCCCCCCCCCCCCCCCC(=O)NC(CO)C(O)/C=C/CCCCCCCCCCCCCC. The van der Waals surface area contributed by atoms with Crippen LogP contribution in [0, 0.1) is 0 Å². The number of carbonyl (C=O) groups is 2. The van der Waals surface area contributed by atoms with Crippen LogP contribution in [0.1, 0.15) is 367 Å². The van der Waals surface area contributed by atoms with Gasteiger partial charge in [-0.25, -0.2) is 0 Å². The first kappa shape index (κ1) is 71.3. The van der Waals surface area contributed by atoms with Crippen molar-refractivity contribution in [2.75, 3.05) is 13.2 Å². The number of unbranched alkanes of at least 4 members (excludes halogenated alkanes) is 49. The number of rotatable bonds is 62. The maximum atomic E-state index is 12.5. The largest absolute Gasteiger partial charge is 0.466 e. The van der Waals surface area contributed by atoms with Gasteiger partial charge in [0.2, 0.25) is 5.91 Å². The Balaban J connectivity index is 3.35. The van der Waals surface area contributed by atoms with E-state index in [0.29, 0.717) is 19.4 Å². The average molecular weight is 1030 g/mol. The van der Waals surface area contributed by atoms with Gasteiger partial charge in [0.1, 0.15) is 0 Å². The molecule has 0 heterocycles. The van der Waals surface area contributed by atoms with E-state index >= 15 is 0 Å². The quantitative estimate of drug-likeness (QED) is 0.0320. The Labute approximate surface area is 456 Å². The van der Waals surface area contributed by atoms with Crippen molar-refractivity contribution in [2.24, 2.45) is 0 Å². The number of hydrogen-bond acceptors (Lipinski definition) is 5. The van der Waals surface area contributed by atoms with Crippen LogP contribution in [-0.4, -0.2) is 47.4 Å². The van der Waals surface area contributed by atoms with Crippen LogP contribution in [0.15, 0.2) is 24.3 Å². The van der Waals surface area contributed by atoms with Crippen molar-refractivity contribution in [2.45, 2.75) is 379 Å². The minimum Gasteiger partial charge on any atom is -0.466 e. The molecule has 3 N–H and O–H groups in total. The number of esters is 1. The Bertz CT molecular complexity index is 1140. The van der Waals surface area contributed by atoms with Crippen molar-refractivity contribution in [3.05, 3.63) is 24.3 Å². The van der Waals surface area contributed by atoms with Crippen LogP contribution in [0.4, 0.5) is 0 Å². The molecule has 0 saturated heterocycles. The summed E-state index contributed by atoms with van der Waals surface area (Å²) in [6.07, 6.45) is 78.1. The summed E-state index contributed by atoms with van der Waals surface area (Å²) in [5.74, 6) is -0.0529. The fraction of sp³-hybridized carbons (Fsp3) is 0.910. The minimum atomic E-state index is -0.841. The normalized spacial score (nSPS) is 12.7. The number of aliphatic hydroxyl groups excluding tert-OH is 2. The Morgan fingerprint density at radius 2 is 0.644 bits per heavy atom. The van der Waals surface area contributed by atoms with Crippen molar-refractivity contribution in [3.8, 4) is 0 Å². The van der Waals surface area contributed by atoms with Gasteiger partial charge in [0.25, 0.3) is 0 Å². The first-order chi connectivity index (χ1) is 36.0. The number of ether oxygens (including phenoxy) is 1. The smallest absolute Gasteiger partial charge is 0.305 e. The van der Waals surface area contributed by atoms with Gasteiger partial charge in [-0.15, -0.1) is 0 Å². The second-order valence-electron chi connectivity index (χ2n) is 22.8. The summed E-state index contributed by atoms with van der Waals surface area (Å²) in [7, 11) is 0. The highest BCUT2D eigenvalue weighted by molar-refractivity contribution is 5.76. The molecule has 6 heteroatoms. The maximum absolute atomic E-state index is 12.5. The van der Waals surface area contributed by atoms with Crippen LogP contribution in [0.3, 0.4) is 0 Å². The lowest BCUT2D eigenvalue weighted by Gasteiger charge is -2.20. The molecule has 0 spiro atoms. The molecule has 0 bridgehead atoms. The molecule has 0 rings (SSSR count). The van der Waals surface area contributed by atoms with Crippen LogP contribution < -0.4 is 5.32 Å². The van der Waals surface area contributed by atoms with Crippen molar-refractivity contribution >= 4 is 11.9 Å². The van der Waals surface area contributed by atoms with Crippen molar-refractivity contribution in [1.82, 2.24) is 5.32 Å². The molecule has 0 aromatic rings. The monoisotopic (exact) mass is 1030 g/mol. The van der Waals surface area contributed by atoms with E-state index in [1.807, 2.05) is 6.08 Å². The Kier molecular flexibility index (Phi) is 61.4. The molecule has 0 aromatic heterocycles. The van der Waals surface area contributed by atoms with Crippen LogP contribution in [0.25, 0.3) is 0 Å². The average Bonchev–Trinajstić information content (AvgIpc) is 3.39. The summed E-state index contributed by atoms with van der Waals surface area (Å²) >= 11 is 0. The van der Waals surface area contributed by atoms with Crippen molar-refractivity contribution in [3.63, 3.8) is 0 Å². The summed E-state index contributed by atoms with van der Waals surface area (Å²) in [5, 5.41) is 23.1. The Morgan fingerprint density at radius 3 is 0.973 bits per heavy atom. The topological polar surface area (TPSA) is 95.9 Å². The highest BCUT2D eigenvalue weighted by atomic mass is 16.5. The van der Waals surface area contributed by atoms with E-state index in [1.54, 1.807) is 6.08 Å². The first-order valence-corrected chi connectivity index (χ1v) is 33.1. The van der Waals surface area contributed by atoms with Crippen molar-refractivity contribution in [1.29, 1.82) is 0 Å². The summed E-state index contributed by atoms with van der Waals surface area (Å²) in [4.78, 5) is 24.5. The van der Waals surface area contributed by atoms with E-state index in [9.17, 15) is 19.8 Å². The first-order valence-electron chi connectivity index (χ1n) is 33.1. The third kappa shape index (κ3) is 59.4. The van der Waals surface area contributed by atoms with Gasteiger partial charge in [0, 0.05) is 12.8 Å². The van der Waals surface area contributed by atoms with Gasteiger partial charge in [-0.3, -0.25) is 9.59 Å². The van der Waals surface area contributed by atoms with Crippen LogP contribution >= 0.6 is 0 Å². The predicted molar refractivity (Wildman–Crippen MR) is 320 cm³/mol. The molecule has 1 amide bonds.